The minimum absolute atomic E-state index is 0.131. The molecule has 3 heteroatoms. The van der Waals surface area contributed by atoms with Gasteiger partial charge < -0.3 is 0 Å². The van der Waals surface area contributed by atoms with Crippen LogP contribution in [0.5, 0.6) is 0 Å². The number of pyridine rings is 2. The van der Waals surface area contributed by atoms with Crippen LogP contribution >= 0.6 is 0 Å². The van der Waals surface area contributed by atoms with Gasteiger partial charge in [0, 0.05) is 18.3 Å². The zero-order valence-corrected chi connectivity index (χ0v) is 9.74. The van der Waals surface area contributed by atoms with Gasteiger partial charge >= 0.3 is 0 Å². The van der Waals surface area contributed by atoms with Gasteiger partial charge in [0.25, 0.3) is 0 Å². The molecule has 0 saturated heterocycles. The molecule has 82 valence electrons. The van der Waals surface area contributed by atoms with E-state index < -0.39 is 0 Å². The highest BCUT2D eigenvalue weighted by Crippen LogP contribution is 2.21. The molecule has 2 aromatic heterocycles. The Hall–Kier alpha value is -1.77. The number of hydrogen-bond acceptors (Lipinski definition) is 3. The SMILES string of the molecule is CCC(=O)c1c(C)c(C)nc2cccnc12. The zero-order chi connectivity index (χ0) is 11.7. The predicted molar refractivity (Wildman–Crippen MR) is 63.6 cm³/mol. The molecule has 0 aliphatic rings. The van der Waals surface area contributed by atoms with Crippen molar-refractivity contribution in [2.45, 2.75) is 27.2 Å². The van der Waals surface area contributed by atoms with Crippen molar-refractivity contribution < 1.29 is 4.79 Å². The van der Waals surface area contributed by atoms with Crippen molar-refractivity contribution in [3.05, 3.63) is 35.2 Å². The lowest BCUT2D eigenvalue weighted by Crippen LogP contribution is -2.05. The van der Waals surface area contributed by atoms with Gasteiger partial charge in [0.2, 0.25) is 0 Å². The Morgan fingerprint density at radius 1 is 1.38 bits per heavy atom. The first kappa shape index (κ1) is 10.7. The topological polar surface area (TPSA) is 42.9 Å². The molecule has 0 aromatic carbocycles. The summed E-state index contributed by atoms with van der Waals surface area (Å²) in [5.41, 5.74) is 4.08. The summed E-state index contributed by atoms with van der Waals surface area (Å²) >= 11 is 0. The maximum absolute atomic E-state index is 11.9. The number of Topliss-reactive ketones (excluding diaryl/α,β-unsaturated/α-hetero) is 1. The molecule has 0 fully saturated rings. The van der Waals surface area contributed by atoms with Gasteiger partial charge in [0.05, 0.1) is 16.6 Å². The minimum Gasteiger partial charge on any atom is -0.294 e. The molecule has 0 unspecified atom stereocenters. The second-order valence-electron chi connectivity index (χ2n) is 3.85. The Bertz CT molecular complexity index is 561. The summed E-state index contributed by atoms with van der Waals surface area (Å²) in [5, 5.41) is 0. The number of hydrogen-bond donors (Lipinski definition) is 0. The van der Waals surface area contributed by atoms with Crippen molar-refractivity contribution >= 4 is 16.8 Å². The summed E-state index contributed by atoms with van der Waals surface area (Å²) in [6, 6.07) is 3.73. The van der Waals surface area contributed by atoms with Crippen LogP contribution in [-0.4, -0.2) is 15.8 Å². The molecule has 0 spiro atoms. The fourth-order valence-corrected chi connectivity index (χ4v) is 1.82. The number of carbonyl (C=O) groups is 1. The molecule has 0 N–H and O–H groups in total. The molecule has 3 nitrogen and oxygen atoms in total. The van der Waals surface area contributed by atoms with Gasteiger partial charge in [0.1, 0.15) is 0 Å². The largest absolute Gasteiger partial charge is 0.294 e. The quantitative estimate of drug-likeness (QED) is 0.722. The van der Waals surface area contributed by atoms with Crippen LogP contribution in [0.25, 0.3) is 11.0 Å². The Labute approximate surface area is 94.5 Å². The molecule has 0 atom stereocenters. The normalized spacial score (nSPS) is 10.7. The first-order valence-electron chi connectivity index (χ1n) is 5.40. The fourth-order valence-electron chi connectivity index (χ4n) is 1.82. The average Bonchev–Trinajstić information content (AvgIpc) is 2.30. The van der Waals surface area contributed by atoms with E-state index in [-0.39, 0.29) is 5.78 Å². The van der Waals surface area contributed by atoms with Crippen molar-refractivity contribution in [3.63, 3.8) is 0 Å². The summed E-state index contributed by atoms with van der Waals surface area (Å²) in [4.78, 5) is 20.6. The third-order valence-corrected chi connectivity index (χ3v) is 2.83. The number of fused-ring (bicyclic) bond motifs is 1. The van der Waals surface area contributed by atoms with Crippen LogP contribution in [0, 0.1) is 13.8 Å². The molecule has 0 bridgehead atoms. The summed E-state index contributed by atoms with van der Waals surface area (Å²) in [6.45, 7) is 5.72. The summed E-state index contributed by atoms with van der Waals surface area (Å²) in [6.07, 6.45) is 2.20. The molecular formula is C13H14N2O. The fraction of sp³-hybridized carbons (Fsp3) is 0.308. The summed E-state index contributed by atoms with van der Waals surface area (Å²) < 4.78 is 0. The minimum atomic E-state index is 0.131. The number of aryl methyl sites for hydroxylation is 1. The van der Waals surface area contributed by atoms with Crippen LogP contribution in [0.15, 0.2) is 18.3 Å². The van der Waals surface area contributed by atoms with Crippen LogP contribution in [-0.2, 0) is 0 Å². The summed E-state index contributed by atoms with van der Waals surface area (Å²) in [5.74, 6) is 0.131. The molecule has 0 saturated carbocycles. The summed E-state index contributed by atoms with van der Waals surface area (Å²) in [7, 11) is 0. The highest BCUT2D eigenvalue weighted by atomic mass is 16.1. The Morgan fingerprint density at radius 3 is 2.81 bits per heavy atom. The Kier molecular flexibility index (Phi) is 2.69. The molecule has 0 amide bonds. The van der Waals surface area contributed by atoms with Crippen LogP contribution in [0.4, 0.5) is 0 Å². The van der Waals surface area contributed by atoms with E-state index in [2.05, 4.69) is 9.97 Å². The van der Waals surface area contributed by atoms with Crippen molar-refractivity contribution in [2.75, 3.05) is 0 Å². The van der Waals surface area contributed by atoms with E-state index in [1.54, 1.807) is 6.20 Å². The van der Waals surface area contributed by atoms with Gasteiger partial charge in [-0.3, -0.25) is 14.8 Å². The molecule has 0 radical (unpaired) electrons. The molecule has 0 aliphatic heterocycles. The van der Waals surface area contributed by atoms with Crippen molar-refractivity contribution in [3.8, 4) is 0 Å². The van der Waals surface area contributed by atoms with E-state index in [0.717, 1.165) is 27.9 Å². The lowest BCUT2D eigenvalue weighted by Gasteiger charge is -2.09. The van der Waals surface area contributed by atoms with Gasteiger partial charge in [-0.05, 0) is 31.5 Å². The van der Waals surface area contributed by atoms with Gasteiger partial charge in [-0.1, -0.05) is 6.92 Å². The third-order valence-electron chi connectivity index (χ3n) is 2.83. The van der Waals surface area contributed by atoms with Crippen LogP contribution < -0.4 is 0 Å². The van der Waals surface area contributed by atoms with Gasteiger partial charge in [-0.25, -0.2) is 0 Å². The Morgan fingerprint density at radius 2 is 2.12 bits per heavy atom. The first-order chi connectivity index (χ1) is 7.65. The number of aromatic nitrogens is 2. The maximum Gasteiger partial charge on any atom is 0.165 e. The Balaban J connectivity index is 2.87. The second-order valence-corrected chi connectivity index (χ2v) is 3.85. The first-order valence-corrected chi connectivity index (χ1v) is 5.40. The smallest absolute Gasteiger partial charge is 0.165 e. The highest BCUT2D eigenvalue weighted by Gasteiger charge is 2.15. The van der Waals surface area contributed by atoms with Crippen molar-refractivity contribution in [2.24, 2.45) is 0 Å². The number of nitrogens with zero attached hydrogens (tertiary/aromatic N) is 2. The van der Waals surface area contributed by atoms with Crippen LogP contribution in [0.3, 0.4) is 0 Å². The highest BCUT2D eigenvalue weighted by molar-refractivity contribution is 6.07. The number of carbonyl (C=O) groups excluding carboxylic acids is 1. The average molecular weight is 214 g/mol. The maximum atomic E-state index is 11.9. The molecule has 2 heterocycles. The standard InChI is InChI=1S/C13H14N2O/c1-4-11(16)12-8(2)9(3)15-10-6-5-7-14-13(10)12/h5-7H,4H2,1-3H3. The second kappa shape index (κ2) is 4.00. The predicted octanol–water partition coefficient (Wildman–Crippen LogP) is 2.84. The van der Waals surface area contributed by atoms with E-state index in [9.17, 15) is 4.79 Å². The molecular weight excluding hydrogens is 200 g/mol. The molecule has 2 aromatic rings. The van der Waals surface area contributed by atoms with Crippen molar-refractivity contribution in [1.29, 1.82) is 0 Å². The zero-order valence-electron chi connectivity index (χ0n) is 9.74. The molecule has 16 heavy (non-hydrogen) atoms. The number of ketones is 1. The molecule has 0 aliphatic carbocycles. The van der Waals surface area contributed by atoms with E-state index >= 15 is 0 Å². The molecule has 2 rings (SSSR count). The van der Waals surface area contributed by atoms with Crippen molar-refractivity contribution in [1.82, 2.24) is 9.97 Å². The van der Waals surface area contributed by atoms with E-state index in [1.165, 1.54) is 0 Å². The monoisotopic (exact) mass is 214 g/mol. The van der Waals surface area contributed by atoms with Gasteiger partial charge in [-0.15, -0.1) is 0 Å². The van der Waals surface area contributed by atoms with Gasteiger partial charge in [0.15, 0.2) is 5.78 Å². The third kappa shape index (κ3) is 1.58. The van der Waals surface area contributed by atoms with Crippen LogP contribution in [0.2, 0.25) is 0 Å². The van der Waals surface area contributed by atoms with E-state index in [1.807, 2.05) is 32.9 Å². The van der Waals surface area contributed by atoms with Crippen LogP contribution in [0.1, 0.15) is 35.0 Å². The van der Waals surface area contributed by atoms with E-state index in [4.69, 9.17) is 0 Å². The van der Waals surface area contributed by atoms with Gasteiger partial charge in [-0.2, -0.15) is 0 Å². The lowest BCUT2D eigenvalue weighted by molar-refractivity contribution is 0.0989. The number of rotatable bonds is 2. The lowest BCUT2D eigenvalue weighted by atomic mass is 10.0. The van der Waals surface area contributed by atoms with E-state index in [0.29, 0.717) is 6.42 Å².